The highest BCUT2D eigenvalue weighted by molar-refractivity contribution is 5.82. The van der Waals surface area contributed by atoms with Crippen molar-refractivity contribution in [3.8, 4) is 41.5 Å². The first-order valence-corrected chi connectivity index (χ1v) is 6.08. The number of nitrogens with zero attached hydrogens (tertiary/aromatic N) is 3. The van der Waals surface area contributed by atoms with Crippen LogP contribution in [0.15, 0.2) is 24.3 Å². The number of nitriles is 2. The lowest BCUT2D eigenvalue weighted by atomic mass is 9.96. The predicted molar refractivity (Wildman–Crippen MR) is 77.8 cm³/mol. The van der Waals surface area contributed by atoms with Crippen LogP contribution >= 0.6 is 0 Å². The minimum atomic E-state index is -0.594. The zero-order valence-corrected chi connectivity index (χ0v) is 11.3. The number of terminal acetylenes is 1. The monoisotopic (exact) mass is 292 g/mol. The largest absolute Gasteiger partial charge is 0.463 e. The molecule has 0 atom stereocenters. The summed E-state index contributed by atoms with van der Waals surface area (Å²) in [5.41, 5.74) is 5.65. The molecule has 0 aliphatic rings. The molecular formula is C16H9FN4O. The van der Waals surface area contributed by atoms with Gasteiger partial charge in [0.1, 0.15) is 34.9 Å². The fraction of sp³-hybridized carbons (Fsp3) is 0.0625. The molecule has 6 heteroatoms. The van der Waals surface area contributed by atoms with E-state index in [1.54, 1.807) is 6.07 Å². The maximum absolute atomic E-state index is 14.1. The summed E-state index contributed by atoms with van der Waals surface area (Å²) in [7, 11) is 0. The van der Waals surface area contributed by atoms with Gasteiger partial charge in [-0.05, 0) is 6.07 Å². The van der Waals surface area contributed by atoms with Crippen LogP contribution < -0.4 is 10.5 Å². The smallest absolute Gasteiger partial charge is 0.235 e. The van der Waals surface area contributed by atoms with E-state index in [1.165, 1.54) is 18.2 Å². The lowest BCUT2D eigenvalue weighted by Gasteiger charge is -2.13. The lowest BCUT2D eigenvalue weighted by molar-refractivity contribution is 0.355. The molecule has 1 aromatic heterocycles. The van der Waals surface area contributed by atoms with Crippen molar-refractivity contribution in [2.24, 2.45) is 0 Å². The third-order valence-corrected chi connectivity index (χ3v) is 2.85. The van der Waals surface area contributed by atoms with E-state index in [9.17, 15) is 14.9 Å². The summed E-state index contributed by atoms with van der Waals surface area (Å²) in [6, 6.07) is 9.46. The Morgan fingerprint density at radius 2 is 1.91 bits per heavy atom. The molecule has 1 heterocycles. The molecule has 0 aliphatic heterocycles. The van der Waals surface area contributed by atoms with E-state index in [2.05, 4.69) is 10.9 Å². The van der Waals surface area contributed by atoms with E-state index < -0.39 is 5.82 Å². The van der Waals surface area contributed by atoms with Gasteiger partial charge in [-0.3, -0.25) is 0 Å². The molecule has 0 saturated heterocycles. The van der Waals surface area contributed by atoms with Gasteiger partial charge < -0.3 is 10.5 Å². The Hall–Kier alpha value is -3.56. The van der Waals surface area contributed by atoms with Gasteiger partial charge in [0.15, 0.2) is 6.61 Å². The second kappa shape index (κ2) is 6.26. The summed E-state index contributed by atoms with van der Waals surface area (Å²) in [6.07, 6.45) is 5.11. The Labute approximate surface area is 126 Å². The van der Waals surface area contributed by atoms with Gasteiger partial charge in [0.25, 0.3) is 0 Å². The van der Waals surface area contributed by atoms with E-state index in [4.69, 9.17) is 16.9 Å². The molecule has 0 unspecified atom stereocenters. The molecule has 1 aromatic carbocycles. The molecule has 0 amide bonds. The van der Waals surface area contributed by atoms with Gasteiger partial charge in [-0.15, -0.1) is 6.42 Å². The van der Waals surface area contributed by atoms with E-state index >= 15 is 0 Å². The minimum Gasteiger partial charge on any atom is -0.463 e. The molecule has 2 rings (SSSR count). The zero-order valence-electron chi connectivity index (χ0n) is 11.3. The second-order valence-corrected chi connectivity index (χ2v) is 4.12. The van der Waals surface area contributed by atoms with Gasteiger partial charge in [-0.25, -0.2) is 4.39 Å². The van der Waals surface area contributed by atoms with Gasteiger partial charge in [-0.2, -0.15) is 15.5 Å². The summed E-state index contributed by atoms with van der Waals surface area (Å²) in [5, 5.41) is 18.6. The van der Waals surface area contributed by atoms with Crippen LogP contribution in [0.1, 0.15) is 11.1 Å². The number of nitrogen functional groups attached to an aromatic ring is 1. The van der Waals surface area contributed by atoms with Crippen molar-refractivity contribution in [3.63, 3.8) is 0 Å². The fourth-order valence-electron chi connectivity index (χ4n) is 1.95. The molecule has 0 bridgehead atoms. The third-order valence-electron chi connectivity index (χ3n) is 2.85. The van der Waals surface area contributed by atoms with Crippen LogP contribution in [0.25, 0.3) is 11.1 Å². The summed E-state index contributed by atoms with van der Waals surface area (Å²) in [6.45, 7) is -0.135. The number of hydrogen-bond donors (Lipinski definition) is 1. The van der Waals surface area contributed by atoms with Crippen molar-refractivity contribution in [3.05, 3.63) is 41.2 Å². The van der Waals surface area contributed by atoms with Crippen LogP contribution in [0.3, 0.4) is 0 Å². The van der Waals surface area contributed by atoms with E-state index in [0.29, 0.717) is 0 Å². The molecule has 0 radical (unpaired) electrons. The van der Waals surface area contributed by atoms with Gasteiger partial charge in [0.05, 0.1) is 0 Å². The first-order chi connectivity index (χ1) is 10.6. The molecule has 22 heavy (non-hydrogen) atoms. The maximum atomic E-state index is 14.1. The Morgan fingerprint density at radius 1 is 1.23 bits per heavy atom. The van der Waals surface area contributed by atoms with Gasteiger partial charge in [0, 0.05) is 11.1 Å². The van der Waals surface area contributed by atoms with E-state index in [1.807, 2.05) is 12.1 Å². The van der Waals surface area contributed by atoms with Crippen LogP contribution in [0.2, 0.25) is 0 Å². The number of halogens is 1. The number of hydrogen-bond acceptors (Lipinski definition) is 5. The lowest BCUT2D eigenvalue weighted by Crippen LogP contribution is -2.07. The zero-order chi connectivity index (χ0) is 16.1. The molecular weight excluding hydrogens is 283 g/mol. The number of aromatic nitrogens is 1. The van der Waals surface area contributed by atoms with Crippen LogP contribution in [-0.2, 0) is 0 Å². The second-order valence-electron chi connectivity index (χ2n) is 4.12. The Kier molecular flexibility index (Phi) is 4.22. The highest BCUT2D eigenvalue weighted by Gasteiger charge is 2.22. The molecule has 5 nitrogen and oxygen atoms in total. The number of rotatable bonds is 3. The third kappa shape index (κ3) is 2.52. The van der Waals surface area contributed by atoms with Gasteiger partial charge >= 0.3 is 0 Å². The van der Waals surface area contributed by atoms with E-state index in [0.717, 1.165) is 0 Å². The molecule has 2 aromatic rings. The molecule has 106 valence electrons. The topological polar surface area (TPSA) is 95.7 Å². The summed E-state index contributed by atoms with van der Waals surface area (Å²) >= 11 is 0. The number of benzene rings is 1. The molecule has 0 spiro atoms. The van der Waals surface area contributed by atoms with Crippen molar-refractivity contribution >= 4 is 5.82 Å². The number of anilines is 1. The average Bonchev–Trinajstić information content (AvgIpc) is 2.52. The van der Waals surface area contributed by atoms with Crippen molar-refractivity contribution in [1.82, 2.24) is 4.98 Å². The van der Waals surface area contributed by atoms with Crippen LogP contribution in [0.5, 0.6) is 5.88 Å². The van der Waals surface area contributed by atoms with Crippen molar-refractivity contribution in [1.29, 1.82) is 10.5 Å². The van der Waals surface area contributed by atoms with Crippen molar-refractivity contribution in [2.45, 2.75) is 0 Å². The minimum absolute atomic E-state index is 0.0441. The SMILES string of the molecule is C#CCOc1nc(N)c(C#N)c(-c2ccccc2F)c1C#N. The quantitative estimate of drug-likeness (QED) is 0.875. The van der Waals surface area contributed by atoms with Crippen LogP contribution in [0.4, 0.5) is 10.2 Å². The molecule has 0 fully saturated rings. The Balaban J connectivity index is 2.84. The maximum Gasteiger partial charge on any atom is 0.235 e. The Bertz CT molecular complexity index is 856. The van der Waals surface area contributed by atoms with Crippen molar-refractivity contribution in [2.75, 3.05) is 12.3 Å². The van der Waals surface area contributed by atoms with Crippen LogP contribution in [0, 0.1) is 40.8 Å². The summed E-state index contributed by atoms with van der Waals surface area (Å²) in [5.74, 6) is 1.35. The molecule has 0 saturated carbocycles. The van der Waals surface area contributed by atoms with Gasteiger partial charge in [-0.1, -0.05) is 24.1 Å². The fourth-order valence-corrected chi connectivity index (χ4v) is 1.95. The standard InChI is InChI=1S/C16H9FN4O/c1-2-7-22-16-12(9-19)14(11(8-18)15(20)21-16)10-5-3-4-6-13(10)17/h1,3-6H,7H2,(H2,20,21). The number of nitrogens with two attached hydrogens (primary N) is 1. The summed E-state index contributed by atoms with van der Waals surface area (Å²) < 4.78 is 19.2. The van der Waals surface area contributed by atoms with Crippen molar-refractivity contribution < 1.29 is 9.13 Å². The normalized spacial score (nSPS) is 9.36. The predicted octanol–water partition coefficient (Wildman–Crippen LogP) is 2.23. The Morgan fingerprint density at radius 3 is 2.50 bits per heavy atom. The highest BCUT2D eigenvalue weighted by Crippen LogP contribution is 2.36. The molecule has 2 N–H and O–H groups in total. The average molecular weight is 292 g/mol. The van der Waals surface area contributed by atoms with Gasteiger partial charge in [0.2, 0.25) is 5.88 Å². The molecule has 0 aliphatic carbocycles. The first-order valence-electron chi connectivity index (χ1n) is 6.08. The van der Waals surface area contributed by atoms with Crippen LogP contribution in [-0.4, -0.2) is 11.6 Å². The highest BCUT2D eigenvalue weighted by atomic mass is 19.1. The summed E-state index contributed by atoms with van der Waals surface area (Å²) in [4.78, 5) is 3.86. The number of pyridine rings is 1. The number of ether oxygens (including phenoxy) is 1. The van der Waals surface area contributed by atoms with E-state index in [-0.39, 0.29) is 40.6 Å². The first kappa shape index (κ1) is 14.8.